The second kappa shape index (κ2) is 6.11. The van der Waals surface area contributed by atoms with Gasteiger partial charge in [0.05, 0.1) is 4.90 Å². The molecule has 0 heterocycles. The van der Waals surface area contributed by atoms with Gasteiger partial charge >= 0.3 is 10.5 Å². The summed E-state index contributed by atoms with van der Waals surface area (Å²) in [5.74, 6) is 0. The summed E-state index contributed by atoms with van der Waals surface area (Å²) in [6.45, 7) is 0. The number of hydrogen-bond acceptors (Lipinski definition) is 4. The molecule has 71 valence electrons. The number of benzene rings is 1. The van der Waals surface area contributed by atoms with Crippen molar-refractivity contribution < 1.29 is 16.8 Å². The molecule has 0 aliphatic carbocycles. The summed E-state index contributed by atoms with van der Waals surface area (Å²) < 4.78 is 44.8. The Labute approximate surface area is 126 Å². The van der Waals surface area contributed by atoms with Crippen molar-refractivity contribution in [1.29, 1.82) is 0 Å². The van der Waals surface area contributed by atoms with Gasteiger partial charge in [0.25, 0.3) is 10.0 Å². The molecule has 14 heavy (non-hydrogen) atoms. The van der Waals surface area contributed by atoms with Crippen LogP contribution in [0.15, 0.2) is 39.0 Å². The van der Waals surface area contributed by atoms with Crippen molar-refractivity contribution in [3.8, 4) is 0 Å². The first kappa shape index (κ1) is 14.4. The van der Waals surface area contributed by atoms with Gasteiger partial charge in [0, 0.05) is 51.4 Å². The molecule has 1 aromatic carbocycles. The molecule has 1 radical (unpaired) electrons. The Bertz CT molecular complexity index is 512. The molecule has 0 unspecified atom stereocenters. The van der Waals surface area contributed by atoms with Crippen LogP contribution >= 0.6 is 0 Å². The van der Waals surface area contributed by atoms with Crippen molar-refractivity contribution in [3.05, 3.63) is 30.3 Å². The van der Waals surface area contributed by atoms with E-state index in [0.29, 0.717) is 0 Å². The molecule has 0 spiro atoms. The maximum Gasteiger partial charge on any atom is 0.327 e. The van der Waals surface area contributed by atoms with Crippen LogP contribution in [-0.2, 0) is 20.5 Å². The Kier molecular flexibility index (Phi) is 6.29. The Hall–Kier alpha value is 0.426. The zero-order valence-electron chi connectivity index (χ0n) is 7.28. The first-order valence-corrected chi connectivity index (χ1v) is 5.62. The molecule has 0 saturated carbocycles. The molecule has 0 aliphatic rings. The monoisotopic (exact) mass is 258 g/mol. The van der Waals surface area contributed by atoms with Crippen LogP contribution in [0.1, 0.15) is 0 Å². The van der Waals surface area contributed by atoms with Crippen LogP contribution in [0.4, 0.5) is 0 Å². The summed E-state index contributed by atoms with van der Waals surface area (Å²) >= 11 is 0. The summed E-state index contributed by atoms with van der Waals surface area (Å²) in [5.41, 5.74) is 0. The normalized spacial score (nSPS) is 10.0. The van der Waals surface area contributed by atoms with E-state index in [2.05, 4.69) is 3.77 Å². The van der Waals surface area contributed by atoms with E-state index in [1.807, 2.05) is 0 Å². The fourth-order valence-corrected chi connectivity index (χ4v) is 2.20. The second-order valence-corrected chi connectivity index (χ2v) is 4.53. The number of nitrogens with zero attached hydrogens (tertiary/aromatic N) is 1. The van der Waals surface area contributed by atoms with Crippen LogP contribution in [0.3, 0.4) is 0 Å². The first-order chi connectivity index (χ1) is 6.02. The zero-order valence-corrected chi connectivity index (χ0v) is 12.0. The molecule has 0 bridgehead atoms. The van der Waals surface area contributed by atoms with E-state index >= 15 is 0 Å². The average molecular weight is 258 g/mol. The molecular formula is C6H5KNO4S2. The van der Waals surface area contributed by atoms with E-state index < -0.39 is 20.5 Å². The standard InChI is InChI=1S/C6H5NO4S2.K/c8-12(9)7-13(10,11)6-4-2-1-3-5-6;/h1-5H;. The summed E-state index contributed by atoms with van der Waals surface area (Å²) in [4.78, 5) is -0.140. The van der Waals surface area contributed by atoms with Crippen LogP contribution in [0.25, 0.3) is 0 Å². The molecule has 0 aliphatic heterocycles. The third-order valence-corrected chi connectivity index (χ3v) is 3.34. The number of hydrogen-bond donors (Lipinski definition) is 0. The van der Waals surface area contributed by atoms with E-state index in [4.69, 9.17) is 0 Å². The smallest absolute Gasteiger partial charge is 0.198 e. The molecule has 1 rings (SSSR count). The maximum absolute atomic E-state index is 11.1. The molecule has 0 fully saturated rings. The Balaban J connectivity index is 0.00000169. The largest absolute Gasteiger partial charge is 0.327 e. The van der Waals surface area contributed by atoms with Crippen molar-refractivity contribution in [2.24, 2.45) is 3.77 Å². The minimum Gasteiger partial charge on any atom is -0.198 e. The zero-order chi connectivity index (χ0) is 9.90. The molecule has 8 heteroatoms. The Morgan fingerprint density at radius 3 is 2.00 bits per heavy atom. The molecule has 5 nitrogen and oxygen atoms in total. The van der Waals surface area contributed by atoms with Gasteiger partial charge in [-0.1, -0.05) is 18.2 Å². The topological polar surface area (TPSA) is 80.6 Å². The van der Waals surface area contributed by atoms with Crippen molar-refractivity contribution in [2.75, 3.05) is 0 Å². The van der Waals surface area contributed by atoms with Gasteiger partial charge in [-0.25, -0.2) is 0 Å². The van der Waals surface area contributed by atoms with E-state index in [-0.39, 0.29) is 56.3 Å². The van der Waals surface area contributed by atoms with Gasteiger partial charge in [0.2, 0.25) is 0 Å². The van der Waals surface area contributed by atoms with Gasteiger partial charge in [-0.05, 0) is 15.9 Å². The van der Waals surface area contributed by atoms with Crippen molar-refractivity contribution >= 4 is 71.9 Å². The van der Waals surface area contributed by atoms with Gasteiger partial charge in [0.1, 0.15) is 0 Å². The van der Waals surface area contributed by atoms with Crippen LogP contribution in [0.5, 0.6) is 0 Å². The van der Waals surface area contributed by atoms with E-state index in [1.165, 1.54) is 24.3 Å². The van der Waals surface area contributed by atoms with Gasteiger partial charge < -0.3 is 0 Å². The van der Waals surface area contributed by atoms with Gasteiger partial charge in [-0.2, -0.15) is 16.8 Å². The first-order valence-electron chi connectivity index (χ1n) is 3.15. The van der Waals surface area contributed by atoms with Gasteiger partial charge in [-0.3, -0.25) is 0 Å². The van der Waals surface area contributed by atoms with E-state index in [0.717, 1.165) is 0 Å². The summed E-state index contributed by atoms with van der Waals surface area (Å²) in [6, 6.07) is 7.12. The van der Waals surface area contributed by atoms with Crippen LogP contribution in [0.2, 0.25) is 0 Å². The van der Waals surface area contributed by atoms with E-state index in [9.17, 15) is 16.8 Å². The Morgan fingerprint density at radius 1 is 1.07 bits per heavy atom. The minimum absolute atomic E-state index is 0. The third kappa shape index (κ3) is 4.30. The number of sulfonamides is 1. The Morgan fingerprint density at radius 2 is 1.57 bits per heavy atom. The van der Waals surface area contributed by atoms with Crippen LogP contribution in [-0.4, -0.2) is 68.2 Å². The predicted octanol–water partition coefficient (Wildman–Crippen LogP) is 0.0572. The maximum atomic E-state index is 11.1. The molecule has 1 aromatic rings. The fourth-order valence-electron chi connectivity index (χ4n) is 0.716. The fraction of sp³-hybridized carbons (Fsp3) is 0. The van der Waals surface area contributed by atoms with Crippen LogP contribution < -0.4 is 0 Å². The molecule has 0 amide bonds. The predicted molar refractivity (Wildman–Crippen MR) is 50.7 cm³/mol. The van der Waals surface area contributed by atoms with Crippen molar-refractivity contribution in [1.82, 2.24) is 0 Å². The SMILES string of the molecule is O=S(=O)=NS(=O)(=O)c1ccccc1.[K]. The summed E-state index contributed by atoms with van der Waals surface area (Å²) in [6.07, 6.45) is 0. The average Bonchev–Trinajstić information content (AvgIpc) is 2.04. The quantitative estimate of drug-likeness (QED) is 0.702. The third-order valence-electron chi connectivity index (χ3n) is 1.20. The van der Waals surface area contributed by atoms with E-state index in [1.54, 1.807) is 6.07 Å². The molecule has 0 N–H and O–H groups in total. The molecule has 0 atom stereocenters. The van der Waals surface area contributed by atoms with Gasteiger partial charge in [-0.15, -0.1) is 0 Å². The minimum atomic E-state index is -4.05. The van der Waals surface area contributed by atoms with Crippen LogP contribution in [0, 0.1) is 0 Å². The molecular weight excluding hydrogens is 253 g/mol. The summed E-state index contributed by atoms with van der Waals surface area (Å²) in [7, 11) is -7.00. The summed E-state index contributed by atoms with van der Waals surface area (Å²) in [5, 5.41) is 0. The van der Waals surface area contributed by atoms with Crippen molar-refractivity contribution in [3.63, 3.8) is 0 Å². The molecule has 0 aromatic heterocycles. The molecule has 0 saturated heterocycles. The van der Waals surface area contributed by atoms with Gasteiger partial charge in [0.15, 0.2) is 0 Å². The number of rotatable bonds is 2. The van der Waals surface area contributed by atoms with Crippen molar-refractivity contribution in [2.45, 2.75) is 4.90 Å². The second-order valence-electron chi connectivity index (χ2n) is 2.08.